The number of carbonyl (C=O) groups is 3. The summed E-state index contributed by atoms with van der Waals surface area (Å²) in [6.45, 7) is 8.18. The highest BCUT2D eigenvalue weighted by atomic mass is 32.1. The Morgan fingerprint density at radius 3 is 2.41 bits per heavy atom. The van der Waals surface area contributed by atoms with Gasteiger partial charge in [0.2, 0.25) is 5.91 Å². The topological polar surface area (TPSA) is 130 Å². The van der Waals surface area contributed by atoms with Gasteiger partial charge in [0.25, 0.3) is 5.56 Å². The third-order valence-corrected chi connectivity index (χ3v) is 7.72. The number of aryl methyl sites for hydroxylation is 1. The molecule has 3 aromatic rings. The number of rotatable bonds is 15. The molecule has 0 bridgehead atoms. The molecule has 3 rings (SSSR count). The number of aromatic nitrogens is 2. The van der Waals surface area contributed by atoms with Crippen LogP contribution in [-0.4, -0.2) is 44.9 Å². The van der Waals surface area contributed by atoms with Crippen LogP contribution in [0.4, 0.5) is 5.82 Å². The average Bonchev–Trinajstić information content (AvgIpc) is 3.43. The average molecular weight is 581 g/mol. The van der Waals surface area contributed by atoms with E-state index in [9.17, 15) is 24.3 Å². The lowest BCUT2D eigenvalue weighted by molar-refractivity contribution is -0.140. The maximum atomic E-state index is 13.5. The lowest BCUT2D eigenvalue weighted by Gasteiger charge is -2.25. The van der Waals surface area contributed by atoms with Crippen LogP contribution in [0.25, 0.3) is 0 Å². The fourth-order valence-electron chi connectivity index (χ4n) is 4.46. The van der Waals surface area contributed by atoms with Crippen molar-refractivity contribution in [1.29, 1.82) is 0 Å². The van der Waals surface area contributed by atoms with Crippen molar-refractivity contribution in [2.45, 2.75) is 83.7 Å². The molecule has 1 unspecified atom stereocenters. The summed E-state index contributed by atoms with van der Waals surface area (Å²) < 4.78 is 1.36. The summed E-state index contributed by atoms with van der Waals surface area (Å²) in [5.41, 5.74) is 0.850. The quantitative estimate of drug-likeness (QED) is 0.236. The van der Waals surface area contributed by atoms with Crippen LogP contribution >= 0.6 is 11.3 Å². The van der Waals surface area contributed by atoms with Crippen LogP contribution in [0.15, 0.2) is 58.8 Å². The lowest BCUT2D eigenvalue weighted by Crippen LogP contribution is -2.47. The number of anilines is 1. The number of ketones is 1. The number of amides is 1. The SMILES string of the molecule is CCC(C(=O)N[C@@H](CC(=O)O)C(=O)CCCc1ccccc1)n1cc(C(C)(C)C)nc(NCCc2cccs2)c1=O. The molecule has 2 heterocycles. The minimum atomic E-state index is -1.19. The number of benzene rings is 1. The molecule has 10 heteroatoms. The van der Waals surface area contributed by atoms with E-state index < -0.39 is 41.4 Å². The van der Waals surface area contributed by atoms with Crippen molar-refractivity contribution in [1.82, 2.24) is 14.9 Å². The number of carbonyl (C=O) groups excluding carboxylic acids is 2. The molecule has 0 aliphatic heterocycles. The highest BCUT2D eigenvalue weighted by Gasteiger charge is 2.29. The summed E-state index contributed by atoms with van der Waals surface area (Å²) in [7, 11) is 0. The number of carboxylic acid groups (broad SMARTS) is 1. The maximum Gasteiger partial charge on any atom is 0.305 e. The van der Waals surface area contributed by atoms with E-state index in [1.165, 1.54) is 9.44 Å². The number of Topliss-reactive ketones (excluding diaryl/α,β-unsaturated/α-hetero) is 1. The molecule has 0 spiro atoms. The van der Waals surface area contributed by atoms with Crippen LogP contribution < -0.4 is 16.2 Å². The molecule has 9 nitrogen and oxygen atoms in total. The second kappa shape index (κ2) is 14.7. The smallest absolute Gasteiger partial charge is 0.305 e. The second-order valence-electron chi connectivity index (χ2n) is 11.1. The van der Waals surface area contributed by atoms with Crippen LogP contribution in [0.2, 0.25) is 0 Å². The zero-order valence-corrected chi connectivity index (χ0v) is 25.0. The van der Waals surface area contributed by atoms with Crippen molar-refractivity contribution in [3.63, 3.8) is 0 Å². The number of nitrogens with zero attached hydrogens (tertiary/aromatic N) is 2. The first kappa shape index (κ1) is 31.7. The van der Waals surface area contributed by atoms with E-state index in [0.717, 1.165) is 12.0 Å². The first-order valence-corrected chi connectivity index (χ1v) is 14.9. The Morgan fingerprint density at radius 1 is 1.07 bits per heavy atom. The molecule has 220 valence electrons. The summed E-state index contributed by atoms with van der Waals surface area (Å²) >= 11 is 1.63. The number of aliphatic carboxylic acids is 1. The van der Waals surface area contributed by atoms with Gasteiger partial charge >= 0.3 is 5.97 Å². The van der Waals surface area contributed by atoms with E-state index >= 15 is 0 Å². The van der Waals surface area contributed by atoms with Gasteiger partial charge in [-0.2, -0.15) is 0 Å². The Morgan fingerprint density at radius 2 is 1.80 bits per heavy atom. The molecule has 1 amide bonds. The first-order valence-electron chi connectivity index (χ1n) is 14.0. The van der Waals surface area contributed by atoms with Crippen molar-refractivity contribution in [3.8, 4) is 0 Å². The van der Waals surface area contributed by atoms with E-state index in [1.807, 2.05) is 68.6 Å². The first-order chi connectivity index (χ1) is 19.5. The molecule has 3 N–H and O–H groups in total. The van der Waals surface area contributed by atoms with Crippen LogP contribution in [-0.2, 0) is 32.6 Å². The van der Waals surface area contributed by atoms with Gasteiger partial charge in [0.05, 0.1) is 18.2 Å². The normalized spacial score (nSPS) is 12.9. The monoisotopic (exact) mass is 580 g/mol. The zero-order chi connectivity index (χ0) is 30.0. The highest BCUT2D eigenvalue weighted by Crippen LogP contribution is 2.22. The Kier molecular flexibility index (Phi) is 11.4. The predicted molar refractivity (Wildman–Crippen MR) is 162 cm³/mol. The lowest BCUT2D eigenvalue weighted by atomic mass is 9.92. The van der Waals surface area contributed by atoms with Gasteiger partial charge in [-0.05, 0) is 42.7 Å². The van der Waals surface area contributed by atoms with Gasteiger partial charge < -0.3 is 15.7 Å². The Balaban J connectivity index is 1.79. The van der Waals surface area contributed by atoms with Gasteiger partial charge in [-0.25, -0.2) is 4.98 Å². The Hall–Kier alpha value is -3.79. The fraction of sp³-hybridized carbons (Fsp3) is 0.452. The van der Waals surface area contributed by atoms with Crippen molar-refractivity contribution in [3.05, 3.63) is 80.5 Å². The van der Waals surface area contributed by atoms with Crippen LogP contribution in [0.1, 0.15) is 75.6 Å². The van der Waals surface area contributed by atoms with Crippen molar-refractivity contribution < 1.29 is 19.5 Å². The third kappa shape index (κ3) is 9.38. The van der Waals surface area contributed by atoms with Crippen LogP contribution in [0, 0.1) is 0 Å². The maximum absolute atomic E-state index is 13.5. The van der Waals surface area contributed by atoms with Gasteiger partial charge in [0, 0.05) is 29.5 Å². The van der Waals surface area contributed by atoms with E-state index in [0.29, 0.717) is 25.1 Å². The number of thiophene rings is 1. The molecular formula is C31H40N4O5S. The van der Waals surface area contributed by atoms with Crippen molar-refractivity contribution in [2.75, 3.05) is 11.9 Å². The third-order valence-electron chi connectivity index (χ3n) is 6.78. The molecule has 0 saturated carbocycles. The van der Waals surface area contributed by atoms with Gasteiger partial charge in [-0.15, -0.1) is 11.3 Å². The molecule has 2 atom stereocenters. The van der Waals surface area contributed by atoms with Crippen molar-refractivity contribution in [2.24, 2.45) is 0 Å². The number of nitrogens with one attached hydrogen (secondary N) is 2. The van der Waals surface area contributed by atoms with Gasteiger partial charge in [-0.3, -0.25) is 23.7 Å². The number of hydrogen-bond acceptors (Lipinski definition) is 7. The standard InChI is InChI=1S/C31H40N4O5S/c1-5-24(29(39)33-23(19-27(37)38)25(36)15-9-13-21-11-7-6-8-12-21)35-20-26(31(2,3)4)34-28(30(35)40)32-17-16-22-14-10-18-41-22/h6-8,10-12,14,18,20,23-24H,5,9,13,15-17,19H2,1-4H3,(H,32,34)(H,33,39)(H,37,38)/t23-,24?/m0/s1. The Labute approximate surface area is 245 Å². The largest absolute Gasteiger partial charge is 0.481 e. The number of hydrogen-bond donors (Lipinski definition) is 3. The summed E-state index contributed by atoms with van der Waals surface area (Å²) in [5.74, 6) is -1.96. The second-order valence-corrected chi connectivity index (χ2v) is 12.1. The summed E-state index contributed by atoms with van der Waals surface area (Å²) in [5, 5.41) is 17.2. The van der Waals surface area contributed by atoms with E-state index in [-0.39, 0.29) is 24.4 Å². The van der Waals surface area contributed by atoms with E-state index in [1.54, 1.807) is 24.5 Å². The van der Waals surface area contributed by atoms with Crippen LogP contribution in [0.3, 0.4) is 0 Å². The zero-order valence-electron chi connectivity index (χ0n) is 24.2. The molecule has 2 aromatic heterocycles. The van der Waals surface area contributed by atoms with E-state index in [2.05, 4.69) is 15.6 Å². The molecule has 0 radical (unpaired) electrons. The van der Waals surface area contributed by atoms with E-state index in [4.69, 9.17) is 0 Å². The molecular weight excluding hydrogens is 540 g/mol. The fourth-order valence-corrected chi connectivity index (χ4v) is 5.17. The summed E-state index contributed by atoms with van der Waals surface area (Å²) in [6.07, 6.45) is 3.38. The molecule has 41 heavy (non-hydrogen) atoms. The predicted octanol–water partition coefficient (Wildman–Crippen LogP) is 4.76. The Bertz CT molecular complexity index is 1360. The van der Waals surface area contributed by atoms with Gasteiger partial charge in [0.15, 0.2) is 11.6 Å². The minimum Gasteiger partial charge on any atom is -0.481 e. The molecule has 0 saturated heterocycles. The summed E-state index contributed by atoms with van der Waals surface area (Å²) in [4.78, 5) is 57.4. The minimum absolute atomic E-state index is 0.131. The van der Waals surface area contributed by atoms with Crippen LogP contribution in [0.5, 0.6) is 0 Å². The molecule has 0 fully saturated rings. The summed E-state index contributed by atoms with van der Waals surface area (Å²) in [6, 6.07) is 11.6. The van der Waals surface area contributed by atoms with Gasteiger partial charge in [0.1, 0.15) is 6.04 Å². The van der Waals surface area contributed by atoms with Crippen molar-refractivity contribution >= 4 is 34.8 Å². The molecule has 0 aliphatic carbocycles. The number of carboxylic acids is 1. The highest BCUT2D eigenvalue weighted by molar-refractivity contribution is 7.09. The molecule has 1 aromatic carbocycles. The molecule has 0 aliphatic rings. The van der Waals surface area contributed by atoms with Gasteiger partial charge in [-0.1, -0.05) is 64.1 Å².